The van der Waals surface area contributed by atoms with E-state index in [0.29, 0.717) is 6.42 Å². The number of nitrogens with one attached hydrogen (secondary N) is 1. The molecule has 0 aliphatic carbocycles. The SMILES string of the molecule is CCC[C@H](Nc1ccc([N+](=O)[O-])cc1[N+](=O)[O-])C(=O)O. The number of nitrogens with zero attached hydrogens (tertiary/aromatic N) is 2. The van der Waals surface area contributed by atoms with Crippen LogP contribution in [0.2, 0.25) is 0 Å². The number of nitro groups is 2. The number of hydrogen-bond acceptors (Lipinski definition) is 6. The summed E-state index contributed by atoms with van der Waals surface area (Å²) in [6.45, 7) is 1.78. The van der Waals surface area contributed by atoms with Gasteiger partial charge in [-0.25, -0.2) is 4.79 Å². The number of hydrogen-bond donors (Lipinski definition) is 2. The van der Waals surface area contributed by atoms with E-state index in [-0.39, 0.29) is 12.1 Å². The number of anilines is 1. The lowest BCUT2D eigenvalue weighted by molar-refractivity contribution is -0.393. The molecule has 108 valence electrons. The highest BCUT2D eigenvalue weighted by molar-refractivity contribution is 5.79. The van der Waals surface area contributed by atoms with Crippen LogP contribution in [0.3, 0.4) is 0 Å². The van der Waals surface area contributed by atoms with Gasteiger partial charge >= 0.3 is 5.97 Å². The maximum Gasteiger partial charge on any atom is 0.326 e. The normalized spacial score (nSPS) is 11.7. The van der Waals surface area contributed by atoms with E-state index in [1.54, 1.807) is 6.92 Å². The van der Waals surface area contributed by atoms with Gasteiger partial charge in [-0.15, -0.1) is 0 Å². The van der Waals surface area contributed by atoms with E-state index in [1.165, 1.54) is 0 Å². The molecule has 0 unspecified atom stereocenters. The molecule has 0 spiro atoms. The van der Waals surface area contributed by atoms with Crippen molar-refractivity contribution in [2.24, 2.45) is 0 Å². The lowest BCUT2D eigenvalue weighted by atomic mass is 10.1. The third-order valence-electron chi connectivity index (χ3n) is 2.59. The van der Waals surface area contributed by atoms with Gasteiger partial charge in [0.05, 0.1) is 15.9 Å². The second-order valence-electron chi connectivity index (χ2n) is 4.04. The Morgan fingerprint density at radius 2 is 2.00 bits per heavy atom. The van der Waals surface area contributed by atoms with Crippen LogP contribution in [0.25, 0.3) is 0 Å². The van der Waals surface area contributed by atoms with Crippen molar-refractivity contribution in [2.45, 2.75) is 25.8 Å². The number of benzene rings is 1. The first-order valence-corrected chi connectivity index (χ1v) is 5.79. The minimum atomic E-state index is -1.14. The van der Waals surface area contributed by atoms with Crippen molar-refractivity contribution in [3.8, 4) is 0 Å². The number of carboxylic acid groups (broad SMARTS) is 1. The molecule has 9 heteroatoms. The lowest BCUT2D eigenvalue weighted by Gasteiger charge is -2.14. The fourth-order valence-electron chi connectivity index (χ4n) is 1.64. The maximum atomic E-state index is 11.0. The van der Waals surface area contributed by atoms with E-state index in [4.69, 9.17) is 5.11 Å². The van der Waals surface area contributed by atoms with Crippen LogP contribution < -0.4 is 5.32 Å². The summed E-state index contributed by atoms with van der Waals surface area (Å²) < 4.78 is 0. The van der Waals surface area contributed by atoms with E-state index < -0.39 is 33.2 Å². The minimum Gasteiger partial charge on any atom is -0.480 e. The summed E-state index contributed by atoms with van der Waals surface area (Å²) in [6, 6.07) is 2.04. The van der Waals surface area contributed by atoms with Crippen LogP contribution in [0.1, 0.15) is 19.8 Å². The van der Waals surface area contributed by atoms with Gasteiger partial charge < -0.3 is 10.4 Å². The summed E-state index contributed by atoms with van der Waals surface area (Å²) in [4.78, 5) is 31.0. The molecule has 0 aromatic heterocycles. The molecule has 1 rings (SSSR count). The van der Waals surface area contributed by atoms with Crippen molar-refractivity contribution in [2.75, 3.05) is 5.32 Å². The fourth-order valence-corrected chi connectivity index (χ4v) is 1.64. The molecule has 0 saturated carbocycles. The Morgan fingerprint density at radius 1 is 1.35 bits per heavy atom. The van der Waals surface area contributed by atoms with Crippen LogP contribution in [-0.4, -0.2) is 27.0 Å². The van der Waals surface area contributed by atoms with Crippen molar-refractivity contribution in [1.82, 2.24) is 0 Å². The van der Waals surface area contributed by atoms with Crippen LogP contribution in [0.4, 0.5) is 17.1 Å². The predicted octanol–water partition coefficient (Wildman–Crippen LogP) is 2.17. The van der Waals surface area contributed by atoms with Gasteiger partial charge in [0.1, 0.15) is 11.7 Å². The Kier molecular flexibility index (Phi) is 4.95. The monoisotopic (exact) mass is 283 g/mol. The molecule has 0 amide bonds. The average Bonchev–Trinajstić information content (AvgIpc) is 2.37. The highest BCUT2D eigenvalue weighted by Gasteiger charge is 2.23. The zero-order valence-electron chi connectivity index (χ0n) is 10.6. The number of carbonyl (C=O) groups is 1. The maximum absolute atomic E-state index is 11.0. The summed E-state index contributed by atoms with van der Waals surface area (Å²) in [7, 11) is 0. The first-order chi connectivity index (χ1) is 9.36. The first kappa shape index (κ1) is 15.3. The highest BCUT2D eigenvalue weighted by Crippen LogP contribution is 2.29. The Hall–Kier alpha value is -2.71. The van der Waals surface area contributed by atoms with Gasteiger partial charge in [0, 0.05) is 6.07 Å². The standard InChI is InChI=1S/C11H13N3O6/c1-2-3-9(11(15)16)12-8-5-4-7(13(17)18)6-10(8)14(19)20/h4-6,9,12H,2-3H2,1H3,(H,15,16)/t9-/m0/s1. The molecule has 0 heterocycles. The van der Waals surface area contributed by atoms with Crippen molar-refractivity contribution in [3.63, 3.8) is 0 Å². The predicted molar refractivity (Wildman–Crippen MR) is 69.7 cm³/mol. The van der Waals surface area contributed by atoms with Crippen LogP contribution in [0, 0.1) is 20.2 Å². The molecule has 0 aliphatic heterocycles. The van der Waals surface area contributed by atoms with Gasteiger partial charge in [0.2, 0.25) is 0 Å². The Labute approximate surface area is 113 Å². The molecular weight excluding hydrogens is 270 g/mol. The summed E-state index contributed by atoms with van der Waals surface area (Å²) in [6.07, 6.45) is 0.855. The average molecular weight is 283 g/mol. The molecule has 1 aromatic carbocycles. The molecule has 1 aromatic rings. The van der Waals surface area contributed by atoms with Crippen LogP contribution in [0.15, 0.2) is 18.2 Å². The highest BCUT2D eigenvalue weighted by atomic mass is 16.6. The number of carboxylic acids is 1. The van der Waals surface area contributed by atoms with Gasteiger partial charge in [-0.1, -0.05) is 13.3 Å². The van der Waals surface area contributed by atoms with E-state index in [0.717, 1.165) is 18.2 Å². The fraction of sp³-hybridized carbons (Fsp3) is 0.364. The third kappa shape index (κ3) is 3.64. The van der Waals surface area contributed by atoms with Crippen LogP contribution >= 0.6 is 0 Å². The van der Waals surface area contributed by atoms with Crippen molar-refractivity contribution < 1.29 is 19.7 Å². The topological polar surface area (TPSA) is 136 Å². The molecule has 9 nitrogen and oxygen atoms in total. The van der Waals surface area contributed by atoms with Crippen LogP contribution in [0.5, 0.6) is 0 Å². The summed E-state index contributed by atoms with van der Waals surface area (Å²) in [5.41, 5.74) is -1.01. The van der Waals surface area contributed by atoms with E-state index in [1.807, 2.05) is 0 Å². The molecule has 0 fully saturated rings. The summed E-state index contributed by atoms with van der Waals surface area (Å²) in [5, 5.41) is 33.0. The number of nitro benzene ring substituents is 2. The molecule has 0 saturated heterocycles. The molecule has 20 heavy (non-hydrogen) atoms. The van der Waals surface area contributed by atoms with Gasteiger partial charge in [-0.3, -0.25) is 20.2 Å². The van der Waals surface area contributed by atoms with E-state index >= 15 is 0 Å². The second-order valence-corrected chi connectivity index (χ2v) is 4.04. The Morgan fingerprint density at radius 3 is 2.45 bits per heavy atom. The second kappa shape index (κ2) is 6.45. The van der Waals surface area contributed by atoms with Crippen molar-refractivity contribution >= 4 is 23.0 Å². The first-order valence-electron chi connectivity index (χ1n) is 5.79. The largest absolute Gasteiger partial charge is 0.480 e. The smallest absolute Gasteiger partial charge is 0.326 e. The number of non-ortho nitro benzene ring substituents is 1. The van der Waals surface area contributed by atoms with Gasteiger partial charge in [-0.05, 0) is 12.5 Å². The van der Waals surface area contributed by atoms with Gasteiger partial charge in [-0.2, -0.15) is 0 Å². The van der Waals surface area contributed by atoms with Gasteiger partial charge in [0.25, 0.3) is 11.4 Å². The molecule has 0 bridgehead atoms. The molecule has 2 N–H and O–H groups in total. The Bertz CT molecular complexity index is 545. The molecular formula is C11H13N3O6. The van der Waals surface area contributed by atoms with Crippen molar-refractivity contribution in [3.05, 3.63) is 38.4 Å². The van der Waals surface area contributed by atoms with E-state index in [9.17, 15) is 25.0 Å². The van der Waals surface area contributed by atoms with Crippen molar-refractivity contribution in [1.29, 1.82) is 0 Å². The molecule has 0 radical (unpaired) electrons. The quantitative estimate of drug-likeness (QED) is 0.578. The van der Waals surface area contributed by atoms with E-state index in [2.05, 4.69) is 5.32 Å². The number of aliphatic carboxylic acids is 1. The Balaban J connectivity index is 3.13. The molecule has 1 atom stereocenters. The zero-order valence-corrected chi connectivity index (χ0v) is 10.6. The lowest BCUT2D eigenvalue weighted by Crippen LogP contribution is -2.29. The molecule has 0 aliphatic rings. The van der Waals surface area contributed by atoms with Crippen LogP contribution in [-0.2, 0) is 4.79 Å². The number of rotatable bonds is 7. The zero-order chi connectivity index (χ0) is 15.3. The minimum absolute atomic E-state index is 0.0542. The third-order valence-corrected chi connectivity index (χ3v) is 2.59. The summed E-state index contributed by atoms with van der Waals surface area (Å²) in [5.74, 6) is -1.14. The van der Waals surface area contributed by atoms with Gasteiger partial charge in [0.15, 0.2) is 0 Å². The summed E-state index contributed by atoms with van der Waals surface area (Å²) >= 11 is 0.